The van der Waals surface area contributed by atoms with Crippen LogP contribution in [0.1, 0.15) is 5.56 Å². The van der Waals surface area contributed by atoms with Crippen LogP contribution in [0.15, 0.2) is 41.3 Å². The van der Waals surface area contributed by atoms with Crippen molar-refractivity contribution in [3.63, 3.8) is 0 Å². The number of aliphatic hydroxyl groups is 1. The van der Waals surface area contributed by atoms with Crippen molar-refractivity contribution in [2.45, 2.75) is 6.61 Å². The predicted molar refractivity (Wildman–Crippen MR) is 88.6 cm³/mol. The number of methoxy groups -OCH3 is 1. The second-order valence-corrected chi connectivity index (χ2v) is 5.33. The third-order valence-electron chi connectivity index (χ3n) is 3.47. The monoisotopic (exact) mass is 349 g/mol. The average molecular weight is 350 g/mol. The van der Waals surface area contributed by atoms with E-state index < -0.39 is 18.0 Å². The van der Waals surface area contributed by atoms with Gasteiger partial charge >= 0.3 is 0 Å². The second-order valence-electron chi connectivity index (χ2n) is 4.93. The van der Waals surface area contributed by atoms with E-state index >= 15 is 0 Å². The van der Waals surface area contributed by atoms with Crippen molar-refractivity contribution in [2.24, 2.45) is 0 Å². The van der Waals surface area contributed by atoms with Crippen molar-refractivity contribution in [1.29, 1.82) is 0 Å². The number of aromatic nitrogens is 2. The van der Waals surface area contributed by atoms with Crippen LogP contribution in [0.3, 0.4) is 0 Å². The number of benzene rings is 1. The zero-order chi connectivity index (χ0) is 17.3. The summed E-state index contributed by atoms with van der Waals surface area (Å²) in [6.45, 7) is -0.511. The number of halogens is 2. The summed E-state index contributed by atoms with van der Waals surface area (Å²) in [7, 11) is 1.47. The molecule has 0 aliphatic heterocycles. The highest BCUT2D eigenvalue weighted by atomic mass is 35.5. The summed E-state index contributed by atoms with van der Waals surface area (Å²) in [6.07, 6.45) is 1.53. The molecule has 3 aromatic rings. The SMILES string of the molecule is COc1cccn2c(=O)c(CO)c(Nc3ccc(F)c(Cl)c3)nc12. The minimum Gasteiger partial charge on any atom is -0.493 e. The minimum absolute atomic E-state index is 0.0689. The number of aliphatic hydroxyl groups excluding tert-OH is 1. The lowest BCUT2D eigenvalue weighted by Gasteiger charge is -2.13. The Balaban J connectivity index is 2.19. The predicted octanol–water partition coefficient (Wildman–Crippen LogP) is 2.73. The highest BCUT2D eigenvalue weighted by Gasteiger charge is 2.15. The van der Waals surface area contributed by atoms with Crippen molar-refractivity contribution in [2.75, 3.05) is 12.4 Å². The van der Waals surface area contributed by atoms with E-state index in [-0.39, 0.29) is 22.1 Å². The zero-order valence-corrected chi connectivity index (χ0v) is 13.3. The van der Waals surface area contributed by atoms with E-state index in [0.717, 1.165) is 0 Å². The van der Waals surface area contributed by atoms with Crippen LogP contribution >= 0.6 is 11.6 Å². The van der Waals surface area contributed by atoms with Gasteiger partial charge < -0.3 is 15.2 Å². The summed E-state index contributed by atoms with van der Waals surface area (Å²) in [5.41, 5.74) is 0.360. The lowest BCUT2D eigenvalue weighted by atomic mass is 10.2. The molecule has 2 N–H and O–H groups in total. The normalized spacial score (nSPS) is 10.8. The highest BCUT2D eigenvalue weighted by Crippen LogP contribution is 2.25. The summed E-state index contributed by atoms with van der Waals surface area (Å²) in [4.78, 5) is 16.9. The Kier molecular flexibility index (Phi) is 4.37. The van der Waals surface area contributed by atoms with Gasteiger partial charge in [-0.2, -0.15) is 0 Å². The maximum absolute atomic E-state index is 13.3. The number of fused-ring (bicyclic) bond motifs is 1. The molecule has 6 nitrogen and oxygen atoms in total. The standard InChI is InChI=1S/C16H13ClFN3O3/c1-24-13-3-2-6-21-15(13)20-14(10(8-22)16(21)23)19-9-4-5-12(18)11(17)7-9/h2-7,19,22H,8H2,1H3. The van der Waals surface area contributed by atoms with Gasteiger partial charge in [0.25, 0.3) is 5.56 Å². The van der Waals surface area contributed by atoms with E-state index in [1.165, 1.54) is 35.9 Å². The topological polar surface area (TPSA) is 75.9 Å². The molecule has 2 aromatic heterocycles. The van der Waals surface area contributed by atoms with Crippen LogP contribution in [0.25, 0.3) is 5.65 Å². The van der Waals surface area contributed by atoms with Crippen LogP contribution in [-0.2, 0) is 6.61 Å². The molecular formula is C16H13ClFN3O3. The van der Waals surface area contributed by atoms with Gasteiger partial charge in [0.15, 0.2) is 11.4 Å². The quantitative estimate of drug-likeness (QED) is 0.757. The summed E-state index contributed by atoms with van der Waals surface area (Å²) in [5.74, 6) is -0.00763. The van der Waals surface area contributed by atoms with E-state index in [1.54, 1.807) is 12.1 Å². The maximum Gasteiger partial charge on any atom is 0.265 e. The molecular weight excluding hydrogens is 337 g/mol. The van der Waals surface area contributed by atoms with Crippen LogP contribution in [0.2, 0.25) is 5.02 Å². The van der Waals surface area contributed by atoms with Crippen LogP contribution in [-0.4, -0.2) is 21.6 Å². The van der Waals surface area contributed by atoms with Gasteiger partial charge in [-0.3, -0.25) is 9.20 Å². The van der Waals surface area contributed by atoms with Gasteiger partial charge in [0.2, 0.25) is 0 Å². The lowest BCUT2D eigenvalue weighted by molar-refractivity contribution is 0.280. The molecule has 0 aliphatic rings. The number of nitrogens with zero attached hydrogens (tertiary/aromatic N) is 2. The fraction of sp³-hybridized carbons (Fsp3) is 0.125. The zero-order valence-electron chi connectivity index (χ0n) is 12.6. The molecule has 0 bridgehead atoms. The van der Waals surface area contributed by atoms with Gasteiger partial charge in [0, 0.05) is 11.9 Å². The van der Waals surface area contributed by atoms with E-state index in [1.807, 2.05) is 0 Å². The minimum atomic E-state index is -0.558. The summed E-state index contributed by atoms with van der Waals surface area (Å²) in [6, 6.07) is 7.32. The Morgan fingerprint density at radius 3 is 2.88 bits per heavy atom. The van der Waals surface area contributed by atoms with Gasteiger partial charge in [-0.15, -0.1) is 0 Å². The van der Waals surface area contributed by atoms with Crippen LogP contribution in [0, 0.1) is 5.82 Å². The first kappa shape index (κ1) is 16.2. The first-order valence-corrected chi connectivity index (χ1v) is 7.34. The van der Waals surface area contributed by atoms with Crippen molar-refractivity contribution < 1.29 is 14.2 Å². The number of ether oxygens (including phenoxy) is 1. The molecule has 0 aliphatic carbocycles. The Bertz CT molecular complexity index is 975. The van der Waals surface area contributed by atoms with Crippen molar-refractivity contribution in [1.82, 2.24) is 9.38 Å². The third kappa shape index (κ3) is 2.79. The van der Waals surface area contributed by atoms with Crippen LogP contribution < -0.4 is 15.6 Å². The Morgan fingerprint density at radius 1 is 1.42 bits per heavy atom. The van der Waals surface area contributed by atoms with Gasteiger partial charge in [-0.05, 0) is 30.3 Å². The largest absolute Gasteiger partial charge is 0.493 e. The molecule has 124 valence electrons. The molecule has 24 heavy (non-hydrogen) atoms. The molecule has 2 heterocycles. The number of anilines is 2. The fourth-order valence-corrected chi connectivity index (χ4v) is 2.47. The first-order chi connectivity index (χ1) is 11.5. The van der Waals surface area contributed by atoms with Crippen molar-refractivity contribution >= 4 is 28.8 Å². The van der Waals surface area contributed by atoms with E-state index in [9.17, 15) is 14.3 Å². The van der Waals surface area contributed by atoms with Gasteiger partial charge in [-0.25, -0.2) is 9.37 Å². The third-order valence-corrected chi connectivity index (χ3v) is 3.76. The lowest BCUT2D eigenvalue weighted by Crippen LogP contribution is -2.22. The number of pyridine rings is 1. The smallest absolute Gasteiger partial charge is 0.265 e. The number of nitrogens with one attached hydrogen (secondary N) is 1. The van der Waals surface area contributed by atoms with E-state index in [4.69, 9.17) is 16.3 Å². The van der Waals surface area contributed by atoms with Crippen LogP contribution in [0.4, 0.5) is 15.9 Å². The molecule has 0 radical (unpaired) electrons. The fourth-order valence-electron chi connectivity index (χ4n) is 2.29. The van der Waals surface area contributed by atoms with Gasteiger partial charge in [-0.1, -0.05) is 11.6 Å². The molecule has 0 amide bonds. The number of hydrogen-bond acceptors (Lipinski definition) is 5. The molecule has 1 aromatic carbocycles. The molecule has 0 saturated heterocycles. The molecule has 0 spiro atoms. The molecule has 0 saturated carbocycles. The molecule has 0 fully saturated rings. The number of rotatable bonds is 4. The first-order valence-electron chi connectivity index (χ1n) is 6.96. The van der Waals surface area contributed by atoms with Crippen molar-refractivity contribution in [3.05, 3.63) is 63.3 Å². The Labute approximate surface area is 141 Å². The highest BCUT2D eigenvalue weighted by molar-refractivity contribution is 6.31. The van der Waals surface area contributed by atoms with Crippen molar-refractivity contribution in [3.8, 4) is 5.75 Å². The summed E-state index contributed by atoms with van der Waals surface area (Å²) < 4.78 is 19.8. The molecule has 8 heteroatoms. The molecule has 0 atom stereocenters. The van der Waals surface area contributed by atoms with Gasteiger partial charge in [0.05, 0.1) is 24.3 Å². The Hall–Kier alpha value is -2.64. The average Bonchev–Trinajstić information content (AvgIpc) is 2.58. The molecule has 3 rings (SSSR count). The summed E-state index contributed by atoms with van der Waals surface area (Å²) in [5, 5.41) is 12.4. The maximum atomic E-state index is 13.3. The van der Waals surface area contributed by atoms with E-state index in [2.05, 4.69) is 10.3 Å². The second kappa shape index (κ2) is 6.46. The summed E-state index contributed by atoms with van der Waals surface area (Å²) >= 11 is 5.76. The van der Waals surface area contributed by atoms with E-state index in [0.29, 0.717) is 11.4 Å². The van der Waals surface area contributed by atoms with Crippen LogP contribution in [0.5, 0.6) is 5.75 Å². The molecule has 0 unspecified atom stereocenters. The Morgan fingerprint density at radius 2 is 2.21 bits per heavy atom. The number of hydrogen-bond donors (Lipinski definition) is 2. The van der Waals surface area contributed by atoms with Gasteiger partial charge in [0.1, 0.15) is 11.6 Å².